The lowest BCUT2D eigenvalue weighted by atomic mass is 10.2. The standard InChI is InChI=1S/C11H11F3N2O3/c1-16(6-9(17)18)10(19)15-8-4-2-7(3-5-8)11(12,13)14/h2-5H,6H2,1H3,(H,15,19)(H,17,18). The molecule has 0 aromatic heterocycles. The zero-order valence-corrected chi connectivity index (χ0v) is 9.86. The van der Waals surface area contributed by atoms with Crippen LogP contribution in [0.15, 0.2) is 24.3 Å². The molecule has 0 bridgehead atoms. The van der Waals surface area contributed by atoms with Gasteiger partial charge in [-0.15, -0.1) is 0 Å². The van der Waals surface area contributed by atoms with Gasteiger partial charge in [-0.1, -0.05) is 0 Å². The van der Waals surface area contributed by atoms with E-state index in [9.17, 15) is 22.8 Å². The van der Waals surface area contributed by atoms with Crippen molar-refractivity contribution in [1.29, 1.82) is 0 Å². The zero-order chi connectivity index (χ0) is 14.6. The molecule has 0 unspecified atom stereocenters. The summed E-state index contributed by atoms with van der Waals surface area (Å²) in [7, 11) is 1.26. The molecule has 0 aliphatic rings. The topological polar surface area (TPSA) is 69.6 Å². The van der Waals surface area contributed by atoms with Crippen LogP contribution >= 0.6 is 0 Å². The molecule has 0 spiro atoms. The molecule has 0 fully saturated rings. The van der Waals surface area contributed by atoms with E-state index in [0.717, 1.165) is 29.2 Å². The maximum atomic E-state index is 12.3. The van der Waals surface area contributed by atoms with E-state index < -0.39 is 30.3 Å². The van der Waals surface area contributed by atoms with Crippen molar-refractivity contribution >= 4 is 17.7 Å². The van der Waals surface area contributed by atoms with Crippen LogP contribution in [-0.4, -0.2) is 35.6 Å². The van der Waals surface area contributed by atoms with Crippen LogP contribution in [0.4, 0.5) is 23.7 Å². The van der Waals surface area contributed by atoms with Crippen LogP contribution in [0.2, 0.25) is 0 Å². The summed E-state index contributed by atoms with van der Waals surface area (Å²) in [6, 6.07) is 3.12. The van der Waals surface area contributed by atoms with E-state index in [1.807, 2.05) is 0 Å². The molecule has 0 radical (unpaired) electrons. The first-order valence-electron chi connectivity index (χ1n) is 5.11. The first-order chi connectivity index (χ1) is 8.70. The van der Waals surface area contributed by atoms with Gasteiger partial charge in [-0.05, 0) is 24.3 Å². The van der Waals surface area contributed by atoms with Crippen molar-refractivity contribution in [2.45, 2.75) is 6.18 Å². The molecule has 0 saturated carbocycles. The fourth-order valence-corrected chi connectivity index (χ4v) is 1.24. The van der Waals surface area contributed by atoms with Gasteiger partial charge in [0.1, 0.15) is 6.54 Å². The van der Waals surface area contributed by atoms with E-state index in [4.69, 9.17) is 5.11 Å². The Morgan fingerprint density at radius 3 is 2.21 bits per heavy atom. The smallest absolute Gasteiger partial charge is 0.416 e. The highest BCUT2D eigenvalue weighted by atomic mass is 19.4. The van der Waals surface area contributed by atoms with E-state index in [2.05, 4.69) is 5.32 Å². The molecule has 0 aliphatic heterocycles. The summed E-state index contributed by atoms with van der Waals surface area (Å²) in [5, 5.41) is 10.8. The Labute approximate surface area is 106 Å². The zero-order valence-electron chi connectivity index (χ0n) is 9.86. The number of alkyl halides is 3. The molecular weight excluding hydrogens is 265 g/mol. The third-order valence-electron chi connectivity index (χ3n) is 2.18. The number of anilines is 1. The average Bonchev–Trinajstić information content (AvgIpc) is 2.27. The normalized spacial score (nSPS) is 10.9. The largest absolute Gasteiger partial charge is 0.480 e. The highest BCUT2D eigenvalue weighted by Crippen LogP contribution is 2.29. The lowest BCUT2D eigenvalue weighted by molar-refractivity contribution is -0.138. The maximum absolute atomic E-state index is 12.3. The van der Waals surface area contributed by atoms with Crippen molar-refractivity contribution < 1.29 is 27.9 Å². The minimum absolute atomic E-state index is 0.148. The first-order valence-corrected chi connectivity index (χ1v) is 5.11. The van der Waals surface area contributed by atoms with Crippen LogP contribution < -0.4 is 5.32 Å². The van der Waals surface area contributed by atoms with Gasteiger partial charge in [0, 0.05) is 12.7 Å². The van der Waals surface area contributed by atoms with Crippen LogP contribution in [0.25, 0.3) is 0 Å². The second kappa shape index (κ2) is 5.59. The monoisotopic (exact) mass is 276 g/mol. The minimum Gasteiger partial charge on any atom is -0.480 e. The van der Waals surface area contributed by atoms with E-state index in [-0.39, 0.29) is 5.69 Å². The Hall–Kier alpha value is -2.25. The van der Waals surface area contributed by atoms with Crippen molar-refractivity contribution in [2.24, 2.45) is 0 Å². The van der Waals surface area contributed by atoms with Crippen molar-refractivity contribution in [1.82, 2.24) is 4.90 Å². The van der Waals surface area contributed by atoms with E-state index in [0.29, 0.717) is 0 Å². The van der Waals surface area contributed by atoms with E-state index in [1.165, 1.54) is 7.05 Å². The van der Waals surface area contributed by atoms with Gasteiger partial charge < -0.3 is 15.3 Å². The molecule has 0 saturated heterocycles. The number of carboxylic acids is 1. The van der Waals surface area contributed by atoms with Crippen LogP contribution in [0.3, 0.4) is 0 Å². The summed E-state index contributed by atoms with van der Waals surface area (Å²) in [5.74, 6) is -1.19. The van der Waals surface area contributed by atoms with Gasteiger partial charge >= 0.3 is 18.2 Å². The number of aliphatic carboxylic acids is 1. The Balaban J connectivity index is 2.68. The highest BCUT2D eigenvalue weighted by molar-refractivity contribution is 5.91. The van der Waals surface area contributed by atoms with Gasteiger partial charge in [0.05, 0.1) is 5.56 Å². The number of carbonyl (C=O) groups is 2. The minimum atomic E-state index is -4.44. The number of carboxylic acid groups (broad SMARTS) is 1. The molecular formula is C11H11F3N2O3. The molecule has 19 heavy (non-hydrogen) atoms. The number of likely N-dealkylation sites (N-methyl/N-ethyl adjacent to an activating group) is 1. The summed E-state index contributed by atoms with van der Waals surface area (Å²) < 4.78 is 36.9. The molecule has 104 valence electrons. The molecule has 2 N–H and O–H groups in total. The molecule has 0 heterocycles. The molecule has 1 aromatic carbocycles. The van der Waals surface area contributed by atoms with Crippen LogP contribution in [0.5, 0.6) is 0 Å². The fourth-order valence-electron chi connectivity index (χ4n) is 1.24. The van der Waals surface area contributed by atoms with Crippen molar-refractivity contribution in [3.8, 4) is 0 Å². The third kappa shape index (κ3) is 4.49. The van der Waals surface area contributed by atoms with Crippen LogP contribution in [0, 0.1) is 0 Å². The highest BCUT2D eigenvalue weighted by Gasteiger charge is 2.30. The average molecular weight is 276 g/mol. The fraction of sp³-hybridized carbons (Fsp3) is 0.273. The number of hydrogen-bond acceptors (Lipinski definition) is 2. The van der Waals surface area contributed by atoms with Gasteiger partial charge in [-0.2, -0.15) is 13.2 Å². The predicted octanol–water partition coefficient (Wildman–Crippen LogP) is 2.25. The SMILES string of the molecule is CN(CC(=O)O)C(=O)Nc1ccc(C(F)(F)F)cc1. The Bertz CT molecular complexity index is 471. The first kappa shape index (κ1) is 14.8. The molecule has 1 aromatic rings. The number of urea groups is 1. The lowest BCUT2D eigenvalue weighted by Crippen LogP contribution is -2.35. The number of nitrogens with one attached hydrogen (secondary N) is 1. The van der Waals surface area contributed by atoms with Gasteiger partial charge in [-0.25, -0.2) is 4.79 Å². The number of rotatable bonds is 3. The van der Waals surface area contributed by atoms with Crippen LogP contribution in [0.1, 0.15) is 5.56 Å². The van der Waals surface area contributed by atoms with Crippen molar-refractivity contribution in [3.05, 3.63) is 29.8 Å². The number of benzene rings is 1. The molecule has 0 atom stereocenters. The van der Waals surface area contributed by atoms with Gasteiger partial charge in [0.2, 0.25) is 0 Å². The van der Waals surface area contributed by atoms with Crippen molar-refractivity contribution in [2.75, 3.05) is 18.9 Å². The third-order valence-corrected chi connectivity index (χ3v) is 2.18. The summed E-state index contributed by atoms with van der Waals surface area (Å²) >= 11 is 0. The Morgan fingerprint density at radius 2 is 1.79 bits per heavy atom. The second-order valence-corrected chi connectivity index (χ2v) is 3.76. The number of carbonyl (C=O) groups excluding carboxylic acids is 1. The number of amides is 2. The number of halogens is 3. The predicted molar refractivity (Wildman–Crippen MR) is 60.7 cm³/mol. The summed E-state index contributed by atoms with van der Waals surface area (Å²) in [4.78, 5) is 22.7. The van der Waals surface area contributed by atoms with Crippen LogP contribution in [-0.2, 0) is 11.0 Å². The van der Waals surface area contributed by atoms with Gasteiger partial charge in [0.15, 0.2) is 0 Å². The van der Waals surface area contributed by atoms with Gasteiger partial charge in [0.25, 0.3) is 0 Å². The summed E-state index contributed by atoms with van der Waals surface area (Å²) in [5.41, 5.74) is -0.681. The van der Waals surface area contributed by atoms with Gasteiger partial charge in [-0.3, -0.25) is 4.79 Å². The second-order valence-electron chi connectivity index (χ2n) is 3.76. The maximum Gasteiger partial charge on any atom is 0.416 e. The number of hydrogen-bond donors (Lipinski definition) is 2. The molecule has 0 aliphatic carbocycles. The Morgan fingerprint density at radius 1 is 1.26 bits per heavy atom. The van der Waals surface area contributed by atoms with Crippen molar-refractivity contribution in [3.63, 3.8) is 0 Å². The lowest BCUT2D eigenvalue weighted by Gasteiger charge is -2.15. The molecule has 1 rings (SSSR count). The Kier molecular flexibility index (Phi) is 4.36. The summed E-state index contributed by atoms with van der Waals surface area (Å²) in [6.45, 7) is -0.507. The number of nitrogens with zero attached hydrogens (tertiary/aromatic N) is 1. The van der Waals surface area contributed by atoms with E-state index in [1.54, 1.807) is 0 Å². The quantitative estimate of drug-likeness (QED) is 0.889. The molecule has 2 amide bonds. The molecule has 8 heteroatoms. The van der Waals surface area contributed by atoms with E-state index >= 15 is 0 Å². The summed E-state index contributed by atoms with van der Waals surface area (Å²) in [6.07, 6.45) is -4.44. The molecule has 5 nitrogen and oxygen atoms in total.